The molecule has 15 heavy (non-hydrogen) atoms. The van der Waals surface area contributed by atoms with Crippen molar-refractivity contribution in [1.82, 2.24) is 5.32 Å². The molecule has 2 aliphatic rings. The summed E-state index contributed by atoms with van der Waals surface area (Å²) < 4.78 is 0. The van der Waals surface area contributed by atoms with E-state index in [1.807, 2.05) is 0 Å². The molecule has 2 saturated carbocycles. The summed E-state index contributed by atoms with van der Waals surface area (Å²) >= 11 is 0. The van der Waals surface area contributed by atoms with E-state index in [2.05, 4.69) is 5.32 Å². The summed E-state index contributed by atoms with van der Waals surface area (Å²) in [5.74, 6) is 1.56. The highest BCUT2D eigenvalue weighted by atomic mass is 16.1. The second-order valence-corrected chi connectivity index (χ2v) is 5.21. The predicted molar refractivity (Wildman–Crippen MR) is 61.5 cm³/mol. The fourth-order valence-corrected chi connectivity index (χ4v) is 3.03. The lowest BCUT2D eigenvalue weighted by molar-refractivity contribution is -0.124. The zero-order chi connectivity index (χ0) is 10.5. The third kappa shape index (κ3) is 3.22. The second kappa shape index (κ2) is 5.53. The van der Waals surface area contributed by atoms with Crippen LogP contribution >= 0.6 is 0 Å². The fourth-order valence-electron chi connectivity index (χ4n) is 3.03. The lowest BCUT2D eigenvalue weighted by atomic mass is 10.0. The molecule has 1 N–H and O–H groups in total. The van der Waals surface area contributed by atoms with Crippen LogP contribution in [0.3, 0.4) is 0 Å². The maximum Gasteiger partial charge on any atom is 0.223 e. The summed E-state index contributed by atoms with van der Waals surface area (Å²) in [7, 11) is 0. The largest absolute Gasteiger partial charge is 0.356 e. The van der Waals surface area contributed by atoms with E-state index >= 15 is 0 Å². The topological polar surface area (TPSA) is 29.1 Å². The lowest BCUT2D eigenvalue weighted by Gasteiger charge is -2.12. The Morgan fingerprint density at radius 2 is 1.60 bits per heavy atom. The summed E-state index contributed by atoms with van der Waals surface area (Å²) in [6, 6.07) is 0. The molecule has 2 aliphatic carbocycles. The number of carbonyl (C=O) groups excluding carboxylic acids is 1. The molecule has 0 radical (unpaired) electrons. The first-order chi connectivity index (χ1) is 7.36. The Hall–Kier alpha value is -0.530. The second-order valence-electron chi connectivity index (χ2n) is 5.21. The highest BCUT2D eigenvalue weighted by Crippen LogP contribution is 2.27. The van der Waals surface area contributed by atoms with Crippen molar-refractivity contribution in [3.63, 3.8) is 0 Å². The number of hydrogen-bond acceptors (Lipinski definition) is 1. The smallest absolute Gasteiger partial charge is 0.223 e. The molecule has 0 aromatic heterocycles. The van der Waals surface area contributed by atoms with Crippen LogP contribution in [0.15, 0.2) is 0 Å². The van der Waals surface area contributed by atoms with E-state index < -0.39 is 0 Å². The van der Waals surface area contributed by atoms with Gasteiger partial charge in [0.1, 0.15) is 0 Å². The molecule has 2 heteroatoms. The van der Waals surface area contributed by atoms with Crippen LogP contribution in [0.5, 0.6) is 0 Å². The molecule has 0 atom stereocenters. The van der Waals surface area contributed by atoms with E-state index in [1.165, 1.54) is 44.9 Å². The van der Waals surface area contributed by atoms with Gasteiger partial charge in [0, 0.05) is 12.5 Å². The standard InChI is InChI=1S/C13H23NO/c15-13(12-7-3-4-8-12)14-10-9-11-5-1-2-6-11/h11-12H,1-10H2,(H,14,15). The normalized spacial score (nSPS) is 23.5. The first-order valence-corrected chi connectivity index (χ1v) is 6.64. The zero-order valence-corrected chi connectivity index (χ0v) is 9.63. The van der Waals surface area contributed by atoms with Crippen LogP contribution in [0.25, 0.3) is 0 Å². The summed E-state index contributed by atoms with van der Waals surface area (Å²) in [6.07, 6.45) is 11.5. The Kier molecular flexibility index (Phi) is 4.04. The maximum atomic E-state index is 11.7. The van der Waals surface area contributed by atoms with Gasteiger partial charge in [-0.25, -0.2) is 0 Å². The molecule has 0 bridgehead atoms. The first-order valence-electron chi connectivity index (χ1n) is 6.64. The van der Waals surface area contributed by atoms with Crippen molar-refractivity contribution < 1.29 is 4.79 Å². The number of amides is 1. The van der Waals surface area contributed by atoms with Crippen molar-refractivity contribution in [2.24, 2.45) is 11.8 Å². The van der Waals surface area contributed by atoms with Gasteiger partial charge in [-0.1, -0.05) is 38.5 Å². The summed E-state index contributed by atoms with van der Waals surface area (Å²) in [5.41, 5.74) is 0. The van der Waals surface area contributed by atoms with Crippen LogP contribution in [-0.4, -0.2) is 12.5 Å². The molecule has 86 valence electrons. The van der Waals surface area contributed by atoms with Crippen LogP contribution in [-0.2, 0) is 4.79 Å². The van der Waals surface area contributed by atoms with Gasteiger partial charge in [-0.3, -0.25) is 4.79 Å². The minimum Gasteiger partial charge on any atom is -0.356 e. The van der Waals surface area contributed by atoms with Gasteiger partial charge in [0.15, 0.2) is 0 Å². The van der Waals surface area contributed by atoms with E-state index in [1.54, 1.807) is 0 Å². The van der Waals surface area contributed by atoms with Crippen LogP contribution in [0.4, 0.5) is 0 Å². The van der Waals surface area contributed by atoms with Crippen LogP contribution in [0, 0.1) is 11.8 Å². The quantitative estimate of drug-likeness (QED) is 0.758. The van der Waals surface area contributed by atoms with Gasteiger partial charge in [0.25, 0.3) is 0 Å². The zero-order valence-electron chi connectivity index (χ0n) is 9.63. The van der Waals surface area contributed by atoms with Crippen LogP contribution in [0.1, 0.15) is 57.8 Å². The average molecular weight is 209 g/mol. The van der Waals surface area contributed by atoms with E-state index in [9.17, 15) is 4.79 Å². The van der Waals surface area contributed by atoms with Crippen molar-refractivity contribution in [1.29, 1.82) is 0 Å². The number of nitrogens with one attached hydrogen (secondary N) is 1. The average Bonchev–Trinajstić information content (AvgIpc) is 2.90. The molecule has 0 aromatic carbocycles. The Morgan fingerprint density at radius 1 is 1.00 bits per heavy atom. The Morgan fingerprint density at radius 3 is 2.27 bits per heavy atom. The minimum atomic E-state index is 0.325. The lowest BCUT2D eigenvalue weighted by Crippen LogP contribution is -2.30. The fraction of sp³-hybridized carbons (Fsp3) is 0.923. The van der Waals surface area contributed by atoms with E-state index in [4.69, 9.17) is 0 Å². The Bertz CT molecular complexity index is 203. The molecule has 1 amide bonds. The third-order valence-electron chi connectivity index (χ3n) is 4.05. The molecule has 0 spiro atoms. The summed E-state index contributed by atoms with van der Waals surface area (Å²) in [4.78, 5) is 11.7. The van der Waals surface area contributed by atoms with Gasteiger partial charge in [-0.15, -0.1) is 0 Å². The van der Waals surface area contributed by atoms with E-state index in [0.717, 1.165) is 25.3 Å². The number of rotatable bonds is 4. The van der Waals surface area contributed by atoms with Crippen molar-refractivity contribution in [3.05, 3.63) is 0 Å². The molecular weight excluding hydrogens is 186 g/mol. The van der Waals surface area contributed by atoms with Crippen molar-refractivity contribution in [2.75, 3.05) is 6.54 Å². The van der Waals surface area contributed by atoms with Gasteiger partial charge >= 0.3 is 0 Å². The molecule has 0 saturated heterocycles. The van der Waals surface area contributed by atoms with Gasteiger partial charge in [0.2, 0.25) is 5.91 Å². The third-order valence-corrected chi connectivity index (χ3v) is 4.05. The molecular formula is C13H23NO. The molecule has 0 aromatic rings. The Labute approximate surface area is 92.8 Å². The summed E-state index contributed by atoms with van der Waals surface area (Å²) in [5, 5.41) is 3.11. The number of hydrogen-bond donors (Lipinski definition) is 1. The van der Waals surface area contributed by atoms with Gasteiger partial charge in [-0.05, 0) is 25.2 Å². The van der Waals surface area contributed by atoms with Gasteiger partial charge < -0.3 is 5.32 Å². The molecule has 2 fully saturated rings. The van der Waals surface area contributed by atoms with E-state index in [0.29, 0.717) is 11.8 Å². The molecule has 0 unspecified atom stereocenters. The molecule has 2 nitrogen and oxygen atoms in total. The molecule has 2 rings (SSSR count). The molecule has 0 heterocycles. The highest BCUT2D eigenvalue weighted by Gasteiger charge is 2.22. The van der Waals surface area contributed by atoms with Crippen molar-refractivity contribution >= 4 is 5.91 Å². The highest BCUT2D eigenvalue weighted by molar-refractivity contribution is 5.78. The van der Waals surface area contributed by atoms with Gasteiger partial charge in [-0.2, -0.15) is 0 Å². The minimum absolute atomic E-state index is 0.325. The van der Waals surface area contributed by atoms with E-state index in [-0.39, 0.29) is 0 Å². The van der Waals surface area contributed by atoms with Crippen molar-refractivity contribution in [2.45, 2.75) is 57.8 Å². The SMILES string of the molecule is O=C(NCCC1CCCC1)C1CCCC1. The van der Waals surface area contributed by atoms with Gasteiger partial charge in [0.05, 0.1) is 0 Å². The van der Waals surface area contributed by atoms with Crippen LogP contribution in [0.2, 0.25) is 0 Å². The maximum absolute atomic E-state index is 11.7. The molecule has 0 aliphatic heterocycles. The van der Waals surface area contributed by atoms with Crippen LogP contribution < -0.4 is 5.32 Å². The van der Waals surface area contributed by atoms with Crippen molar-refractivity contribution in [3.8, 4) is 0 Å². The monoisotopic (exact) mass is 209 g/mol. The number of carbonyl (C=O) groups is 1. The predicted octanol–water partition coefficient (Wildman–Crippen LogP) is 2.87. The first kappa shape index (κ1) is 11.0. The Balaban J connectivity index is 1.58. The summed E-state index contributed by atoms with van der Waals surface area (Å²) in [6.45, 7) is 0.917.